The van der Waals surface area contributed by atoms with Crippen LogP contribution >= 0.6 is 0 Å². The number of hydrogen-bond acceptors (Lipinski definition) is 2. The van der Waals surface area contributed by atoms with Crippen LogP contribution in [0.5, 0.6) is 0 Å². The molecule has 0 aliphatic heterocycles. The standard InChI is InChI=1S/C19H22N2O2/c1-19(13-12-18(22)23,14-20-16-8-4-2-5-9-16)15-21-17-10-6-3-7-11-17/h2-11,14,21H,12-13,15H2,1H3,(H,22,23)/p+1. The van der Waals surface area contributed by atoms with E-state index in [-0.39, 0.29) is 11.8 Å². The Morgan fingerprint density at radius 3 is 2.35 bits per heavy atom. The zero-order valence-electron chi connectivity index (χ0n) is 13.3. The third-order valence-corrected chi connectivity index (χ3v) is 3.74. The van der Waals surface area contributed by atoms with Crippen LogP contribution < -0.4 is 10.3 Å². The molecule has 23 heavy (non-hydrogen) atoms. The van der Waals surface area contributed by atoms with Gasteiger partial charge in [0.05, 0.1) is 5.41 Å². The largest absolute Gasteiger partial charge is 0.481 e. The number of para-hydroxylation sites is 2. The van der Waals surface area contributed by atoms with Gasteiger partial charge in [0.2, 0.25) is 5.69 Å². The van der Waals surface area contributed by atoms with Gasteiger partial charge >= 0.3 is 5.97 Å². The van der Waals surface area contributed by atoms with Gasteiger partial charge in [-0.25, -0.2) is 4.99 Å². The van der Waals surface area contributed by atoms with Gasteiger partial charge < -0.3 is 10.4 Å². The van der Waals surface area contributed by atoms with E-state index in [0.29, 0.717) is 13.0 Å². The van der Waals surface area contributed by atoms with Crippen LogP contribution in [0.3, 0.4) is 0 Å². The van der Waals surface area contributed by atoms with E-state index in [1.165, 1.54) is 0 Å². The van der Waals surface area contributed by atoms with Gasteiger partial charge in [0.1, 0.15) is 0 Å². The molecular weight excluding hydrogens is 288 g/mol. The normalized spacial score (nSPS) is 13.6. The van der Waals surface area contributed by atoms with Crippen LogP contribution in [0.15, 0.2) is 60.7 Å². The first-order valence-corrected chi connectivity index (χ1v) is 7.74. The SMILES string of the molecule is CC(C=[NH+]c1ccccc1)(CCC(=O)O)CNc1ccccc1. The van der Waals surface area contributed by atoms with Gasteiger partial charge in [-0.3, -0.25) is 4.79 Å². The average Bonchev–Trinajstić information content (AvgIpc) is 2.59. The van der Waals surface area contributed by atoms with E-state index in [2.05, 4.69) is 17.2 Å². The molecule has 3 N–H and O–H groups in total. The molecule has 120 valence electrons. The lowest BCUT2D eigenvalue weighted by Crippen LogP contribution is -2.65. The lowest BCUT2D eigenvalue weighted by molar-refractivity contribution is -0.352. The summed E-state index contributed by atoms with van der Waals surface area (Å²) in [6.45, 7) is 2.71. The Morgan fingerprint density at radius 2 is 1.74 bits per heavy atom. The van der Waals surface area contributed by atoms with Gasteiger partial charge in [0, 0.05) is 30.8 Å². The van der Waals surface area contributed by atoms with Gasteiger partial charge in [-0.15, -0.1) is 0 Å². The third kappa shape index (κ3) is 5.94. The first-order valence-electron chi connectivity index (χ1n) is 7.74. The number of carboxylic acid groups (broad SMARTS) is 1. The van der Waals surface area contributed by atoms with E-state index < -0.39 is 5.97 Å². The quantitative estimate of drug-likeness (QED) is 0.656. The van der Waals surface area contributed by atoms with Crippen LogP contribution in [0.4, 0.5) is 11.4 Å². The van der Waals surface area contributed by atoms with Crippen LogP contribution in [0, 0.1) is 5.41 Å². The molecule has 1 unspecified atom stereocenters. The van der Waals surface area contributed by atoms with E-state index in [1.54, 1.807) is 0 Å². The highest BCUT2D eigenvalue weighted by molar-refractivity contribution is 5.69. The smallest absolute Gasteiger partial charge is 0.303 e. The number of nitrogens with one attached hydrogen (secondary N) is 2. The second-order valence-electron chi connectivity index (χ2n) is 5.92. The Bertz CT molecular complexity index is 641. The van der Waals surface area contributed by atoms with Crippen LogP contribution in [-0.2, 0) is 4.79 Å². The first kappa shape index (κ1) is 16.7. The minimum Gasteiger partial charge on any atom is -0.481 e. The molecule has 0 aliphatic carbocycles. The first-order chi connectivity index (χ1) is 11.1. The summed E-state index contributed by atoms with van der Waals surface area (Å²) in [6, 6.07) is 19.8. The van der Waals surface area contributed by atoms with E-state index in [0.717, 1.165) is 11.4 Å². The number of hydrogen-bond donors (Lipinski definition) is 3. The Balaban J connectivity index is 2.07. The number of benzene rings is 2. The summed E-state index contributed by atoms with van der Waals surface area (Å²) < 4.78 is 0. The fourth-order valence-electron chi connectivity index (χ4n) is 2.26. The van der Waals surface area contributed by atoms with E-state index in [4.69, 9.17) is 5.11 Å². The molecule has 2 aromatic carbocycles. The van der Waals surface area contributed by atoms with Crippen LogP contribution in [0.25, 0.3) is 0 Å². The Labute approximate surface area is 136 Å². The maximum absolute atomic E-state index is 10.9. The minimum absolute atomic E-state index is 0.139. The van der Waals surface area contributed by atoms with Crippen LogP contribution in [-0.4, -0.2) is 23.8 Å². The number of anilines is 1. The van der Waals surface area contributed by atoms with Crippen molar-refractivity contribution < 1.29 is 14.9 Å². The molecule has 4 heteroatoms. The Kier molecular flexibility index (Phi) is 5.92. The predicted molar refractivity (Wildman–Crippen MR) is 93.0 cm³/mol. The molecule has 0 spiro atoms. The third-order valence-electron chi connectivity index (χ3n) is 3.74. The van der Waals surface area contributed by atoms with Crippen molar-refractivity contribution in [2.24, 2.45) is 5.41 Å². The molecule has 1 atom stereocenters. The molecule has 0 bridgehead atoms. The summed E-state index contributed by atoms with van der Waals surface area (Å²) >= 11 is 0. The lowest BCUT2D eigenvalue weighted by atomic mass is 9.86. The minimum atomic E-state index is -0.774. The number of rotatable bonds is 8. The van der Waals surface area contributed by atoms with Gasteiger partial charge in [-0.1, -0.05) is 36.4 Å². The van der Waals surface area contributed by atoms with E-state index >= 15 is 0 Å². The molecule has 0 fully saturated rings. The number of carbonyl (C=O) groups is 1. The Morgan fingerprint density at radius 1 is 1.13 bits per heavy atom. The Hall–Kier alpha value is -2.62. The summed E-state index contributed by atoms with van der Waals surface area (Å²) in [5, 5.41) is 12.4. The summed E-state index contributed by atoms with van der Waals surface area (Å²) in [6.07, 6.45) is 2.68. The number of carboxylic acids is 1. The monoisotopic (exact) mass is 311 g/mol. The summed E-state index contributed by atoms with van der Waals surface area (Å²) in [5.41, 5.74) is 1.74. The average molecular weight is 311 g/mol. The fraction of sp³-hybridized carbons (Fsp3) is 0.263. The molecule has 0 heterocycles. The molecule has 0 aliphatic rings. The predicted octanol–water partition coefficient (Wildman–Crippen LogP) is 2.45. The fourth-order valence-corrected chi connectivity index (χ4v) is 2.26. The maximum Gasteiger partial charge on any atom is 0.303 e. The molecule has 0 saturated heterocycles. The molecule has 2 aromatic rings. The molecule has 0 radical (unpaired) electrons. The van der Waals surface area contributed by atoms with E-state index in [9.17, 15) is 4.79 Å². The van der Waals surface area contributed by atoms with Crippen molar-refractivity contribution in [3.05, 3.63) is 60.7 Å². The van der Waals surface area contributed by atoms with Gasteiger partial charge in [0.25, 0.3) is 0 Å². The zero-order chi connectivity index (χ0) is 16.5. The molecule has 2 rings (SSSR count). The second-order valence-corrected chi connectivity index (χ2v) is 5.92. The van der Waals surface area contributed by atoms with Crippen LogP contribution in [0.1, 0.15) is 19.8 Å². The van der Waals surface area contributed by atoms with Crippen molar-refractivity contribution in [2.75, 3.05) is 11.9 Å². The highest BCUT2D eigenvalue weighted by Gasteiger charge is 2.26. The maximum atomic E-state index is 10.9. The van der Waals surface area contributed by atoms with Gasteiger partial charge in [0.15, 0.2) is 6.21 Å². The lowest BCUT2D eigenvalue weighted by Gasteiger charge is -2.22. The number of aliphatic carboxylic acids is 1. The van der Waals surface area contributed by atoms with Crippen molar-refractivity contribution in [2.45, 2.75) is 19.8 Å². The summed E-state index contributed by atoms with van der Waals surface area (Å²) in [7, 11) is 0. The molecule has 0 aromatic heterocycles. The molecule has 0 saturated carbocycles. The summed E-state index contributed by atoms with van der Waals surface area (Å²) in [5.74, 6) is -0.774. The van der Waals surface area contributed by atoms with Crippen LogP contribution in [0.2, 0.25) is 0 Å². The van der Waals surface area contributed by atoms with Gasteiger partial charge in [-0.05, 0) is 25.5 Å². The zero-order valence-corrected chi connectivity index (χ0v) is 13.3. The molecular formula is C19H23N2O2+. The molecule has 0 amide bonds. The van der Waals surface area contributed by atoms with E-state index in [1.807, 2.05) is 66.9 Å². The highest BCUT2D eigenvalue weighted by Crippen LogP contribution is 2.21. The van der Waals surface area contributed by atoms with Gasteiger partial charge in [-0.2, -0.15) is 0 Å². The van der Waals surface area contributed by atoms with Crippen molar-refractivity contribution >= 4 is 23.6 Å². The second kappa shape index (κ2) is 8.13. The highest BCUT2D eigenvalue weighted by atomic mass is 16.4. The molecule has 4 nitrogen and oxygen atoms in total. The topological polar surface area (TPSA) is 63.3 Å². The van der Waals surface area contributed by atoms with Crippen molar-refractivity contribution in [1.29, 1.82) is 0 Å². The van der Waals surface area contributed by atoms with Crippen molar-refractivity contribution in [1.82, 2.24) is 0 Å². The van der Waals surface area contributed by atoms with Crippen molar-refractivity contribution in [3.63, 3.8) is 0 Å². The summed E-state index contributed by atoms with van der Waals surface area (Å²) in [4.78, 5) is 14.2. The van der Waals surface area contributed by atoms with Crippen molar-refractivity contribution in [3.8, 4) is 0 Å².